The zero-order chi connectivity index (χ0) is 7.33. The second-order valence-corrected chi connectivity index (χ2v) is 4.85. The molecule has 0 aromatic heterocycles. The summed E-state index contributed by atoms with van der Waals surface area (Å²) in [6, 6.07) is 0.521. The van der Waals surface area contributed by atoms with Gasteiger partial charge in [-0.1, -0.05) is 19.8 Å². The largest absolute Gasteiger partial charge is 0.408 e. The summed E-state index contributed by atoms with van der Waals surface area (Å²) >= 11 is 0. The van der Waals surface area contributed by atoms with Crippen molar-refractivity contribution in [2.75, 3.05) is 0 Å². The first-order chi connectivity index (χ1) is 4.12. The first-order valence-corrected chi connectivity index (χ1v) is 5.38. The van der Waals surface area contributed by atoms with Crippen LogP contribution in [0.2, 0.25) is 6.04 Å². The van der Waals surface area contributed by atoms with E-state index in [1.165, 1.54) is 5.70 Å². The third-order valence-electron chi connectivity index (χ3n) is 1.23. The molecule has 0 radical (unpaired) electrons. The van der Waals surface area contributed by atoms with Gasteiger partial charge in [0.2, 0.25) is 0 Å². The average molecular weight is 146 g/mol. The van der Waals surface area contributed by atoms with Crippen LogP contribution < -0.4 is 0 Å². The lowest BCUT2D eigenvalue weighted by atomic mass is 10.4. The third-order valence-corrected chi connectivity index (χ3v) is 2.97. The Morgan fingerprint density at radius 1 is 1.56 bits per heavy atom. The Kier molecular flexibility index (Phi) is 3.77. The van der Waals surface area contributed by atoms with E-state index < -0.39 is 8.56 Å². The summed E-state index contributed by atoms with van der Waals surface area (Å²) in [6.07, 6.45) is 1.88. The van der Waals surface area contributed by atoms with Crippen molar-refractivity contribution in [2.24, 2.45) is 0 Å². The molecule has 0 aromatic carbocycles. The zero-order valence-electron chi connectivity index (χ0n) is 5.80. The van der Waals surface area contributed by atoms with E-state index in [1.54, 1.807) is 0 Å². The number of hydrogen-bond donors (Lipinski definition) is 2. The highest BCUT2D eigenvalue weighted by molar-refractivity contribution is 6.69. The summed E-state index contributed by atoms with van der Waals surface area (Å²) in [6.45, 7) is 5.37. The molecule has 0 aliphatic carbocycles. The van der Waals surface area contributed by atoms with Crippen LogP contribution in [0.25, 0.3) is 0 Å². The van der Waals surface area contributed by atoms with E-state index in [4.69, 9.17) is 9.59 Å². The van der Waals surface area contributed by atoms with Crippen LogP contribution in [-0.4, -0.2) is 18.2 Å². The Morgan fingerprint density at radius 2 is 2.11 bits per heavy atom. The fourth-order valence-electron chi connectivity index (χ4n) is 0.539. The lowest BCUT2D eigenvalue weighted by Gasteiger charge is -2.10. The second-order valence-electron chi connectivity index (χ2n) is 2.19. The third kappa shape index (κ3) is 4.38. The van der Waals surface area contributed by atoms with Crippen LogP contribution in [0, 0.1) is 0 Å². The Morgan fingerprint density at radius 3 is 2.44 bits per heavy atom. The van der Waals surface area contributed by atoms with Gasteiger partial charge in [0, 0.05) is 0 Å². The molecule has 0 atom stereocenters. The number of hydrogen-bond acceptors (Lipinski definition) is 2. The van der Waals surface area contributed by atoms with Crippen molar-refractivity contribution < 1.29 is 9.59 Å². The van der Waals surface area contributed by atoms with Gasteiger partial charge in [-0.3, -0.25) is 0 Å². The van der Waals surface area contributed by atoms with Crippen molar-refractivity contribution in [1.82, 2.24) is 0 Å². The number of rotatable bonds is 4. The minimum Gasteiger partial charge on any atom is -0.408 e. The Balaban J connectivity index is 3.45. The highest BCUT2D eigenvalue weighted by atomic mass is 28.4. The molecule has 0 spiro atoms. The molecule has 0 fully saturated rings. The predicted molar refractivity (Wildman–Crippen MR) is 40.1 cm³/mol. The van der Waals surface area contributed by atoms with Crippen molar-refractivity contribution in [2.45, 2.75) is 25.8 Å². The maximum absolute atomic E-state index is 9.03. The molecular formula is C6H14O2Si. The Bertz CT molecular complexity index is 91.1. The van der Waals surface area contributed by atoms with Crippen molar-refractivity contribution >= 4 is 8.56 Å². The molecule has 9 heavy (non-hydrogen) atoms. The molecule has 0 heterocycles. The summed E-state index contributed by atoms with van der Waals surface area (Å²) < 4.78 is 0. The summed E-state index contributed by atoms with van der Waals surface area (Å²) in [4.78, 5) is 18.1. The van der Waals surface area contributed by atoms with E-state index in [9.17, 15) is 0 Å². The molecule has 0 aliphatic heterocycles. The topological polar surface area (TPSA) is 40.5 Å². The Labute approximate surface area is 57.1 Å². The molecule has 0 rings (SSSR count). The van der Waals surface area contributed by atoms with Crippen molar-refractivity contribution in [3.8, 4) is 0 Å². The first-order valence-electron chi connectivity index (χ1n) is 3.20. The van der Waals surface area contributed by atoms with Crippen LogP contribution in [0.3, 0.4) is 0 Å². The van der Waals surface area contributed by atoms with Crippen LogP contribution >= 0.6 is 0 Å². The minimum absolute atomic E-state index is 0.521. The summed E-state index contributed by atoms with van der Waals surface area (Å²) in [7, 11) is -2.93. The molecular weight excluding hydrogens is 132 g/mol. The smallest absolute Gasteiger partial charge is 0.359 e. The molecule has 2 nitrogen and oxygen atoms in total. The zero-order valence-corrected chi connectivity index (χ0v) is 6.80. The monoisotopic (exact) mass is 146 g/mol. The van der Waals surface area contributed by atoms with Gasteiger partial charge in [-0.05, 0) is 11.7 Å². The summed E-state index contributed by atoms with van der Waals surface area (Å²) in [5, 5.41) is 0. The molecule has 0 aliphatic rings. The van der Waals surface area contributed by atoms with E-state index in [1.807, 2.05) is 6.92 Å². The van der Waals surface area contributed by atoms with Crippen LogP contribution in [0.4, 0.5) is 0 Å². The lowest BCUT2D eigenvalue weighted by Crippen LogP contribution is -2.31. The van der Waals surface area contributed by atoms with E-state index in [-0.39, 0.29) is 0 Å². The second kappa shape index (κ2) is 3.82. The number of unbranched alkanes of at least 4 members (excludes halogenated alkanes) is 1. The van der Waals surface area contributed by atoms with Gasteiger partial charge in [-0.2, -0.15) is 0 Å². The maximum Gasteiger partial charge on any atom is 0.359 e. The van der Waals surface area contributed by atoms with E-state index in [0.29, 0.717) is 6.04 Å². The van der Waals surface area contributed by atoms with Crippen LogP contribution in [0.15, 0.2) is 12.3 Å². The fourth-order valence-corrected chi connectivity index (χ4v) is 1.62. The molecule has 0 aromatic rings. The maximum atomic E-state index is 9.03. The van der Waals surface area contributed by atoms with Gasteiger partial charge < -0.3 is 9.59 Å². The molecule has 0 amide bonds. The SMILES string of the molecule is C=C[Si](O)(O)CCCC. The molecule has 0 bridgehead atoms. The highest BCUT2D eigenvalue weighted by Gasteiger charge is 2.22. The van der Waals surface area contributed by atoms with Gasteiger partial charge >= 0.3 is 8.56 Å². The van der Waals surface area contributed by atoms with Gasteiger partial charge in [0.1, 0.15) is 0 Å². The molecule has 2 N–H and O–H groups in total. The van der Waals surface area contributed by atoms with Crippen molar-refractivity contribution in [3.05, 3.63) is 12.3 Å². The molecule has 0 unspecified atom stereocenters. The average Bonchev–Trinajstić information content (AvgIpc) is 1.84. The van der Waals surface area contributed by atoms with E-state index in [0.717, 1.165) is 12.8 Å². The van der Waals surface area contributed by atoms with Gasteiger partial charge in [-0.15, -0.1) is 6.58 Å². The minimum atomic E-state index is -2.93. The normalized spacial score (nSPS) is 11.4. The van der Waals surface area contributed by atoms with Crippen LogP contribution in [0.5, 0.6) is 0 Å². The molecule has 0 saturated heterocycles. The van der Waals surface area contributed by atoms with Crippen molar-refractivity contribution in [3.63, 3.8) is 0 Å². The van der Waals surface area contributed by atoms with Gasteiger partial charge in [0.05, 0.1) is 0 Å². The molecule has 54 valence electrons. The fraction of sp³-hybridized carbons (Fsp3) is 0.667. The predicted octanol–water partition coefficient (Wildman–Crippen LogP) is 0.939. The van der Waals surface area contributed by atoms with Crippen LogP contribution in [-0.2, 0) is 0 Å². The van der Waals surface area contributed by atoms with E-state index in [2.05, 4.69) is 6.58 Å². The Hall–Kier alpha value is -0.123. The van der Waals surface area contributed by atoms with Gasteiger partial charge in [0.25, 0.3) is 0 Å². The van der Waals surface area contributed by atoms with Crippen LogP contribution in [0.1, 0.15) is 19.8 Å². The standard InChI is InChI=1S/C6H14O2Si/c1-3-5-6-9(7,8)4-2/h4,7-8H,2-3,5-6H2,1H3. The van der Waals surface area contributed by atoms with Crippen molar-refractivity contribution in [1.29, 1.82) is 0 Å². The molecule has 0 saturated carbocycles. The van der Waals surface area contributed by atoms with Gasteiger partial charge in [-0.25, -0.2) is 0 Å². The summed E-state index contributed by atoms with van der Waals surface area (Å²) in [5.41, 5.74) is 1.29. The summed E-state index contributed by atoms with van der Waals surface area (Å²) in [5.74, 6) is 0. The molecule has 3 heteroatoms. The van der Waals surface area contributed by atoms with Gasteiger partial charge in [0.15, 0.2) is 0 Å². The van der Waals surface area contributed by atoms with E-state index >= 15 is 0 Å². The highest BCUT2D eigenvalue weighted by Crippen LogP contribution is 2.07. The quantitative estimate of drug-likeness (QED) is 0.579. The first kappa shape index (κ1) is 8.88. The lowest BCUT2D eigenvalue weighted by molar-refractivity contribution is 0.375.